The van der Waals surface area contributed by atoms with Gasteiger partial charge in [-0.1, -0.05) is 12.1 Å². The fourth-order valence-electron chi connectivity index (χ4n) is 2.38. The first-order valence-electron chi connectivity index (χ1n) is 10.4. The van der Waals surface area contributed by atoms with Crippen LogP contribution in [0.3, 0.4) is 0 Å². The molecule has 4 N–H and O–H groups in total. The molecule has 0 aliphatic rings. The summed E-state index contributed by atoms with van der Waals surface area (Å²) in [5.74, 6) is 0.647. The van der Waals surface area contributed by atoms with Crippen molar-refractivity contribution in [2.45, 2.75) is 59.2 Å². The number of rotatable bonds is 7. The van der Waals surface area contributed by atoms with Crippen molar-refractivity contribution in [1.29, 1.82) is 0 Å². The van der Waals surface area contributed by atoms with E-state index in [4.69, 9.17) is 9.47 Å². The van der Waals surface area contributed by atoms with E-state index >= 15 is 0 Å². The van der Waals surface area contributed by atoms with Gasteiger partial charge in [0.15, 0.2) is 5.96 Å². The molecule has 0 fully saturated rings. The Bertz CT molecular complexity index is 734. The number of nitrogens with zero attached hydrogens (tertiary/aromatic N) is 1. The molecular weight excluding hydrogens is 398 g/mol. The van der Waals surface area contributed by atoms with Gasteiger partial charge in [0.2, 0.25) is 0 Å². The van der Waals surface area contributed by atoms with Crippen molar-refractivity contribution in [3.63, 3.8) is 0 Å². The minimum Gasteiger partial charge on any atom is -0.444 e. The number of carbonyl (C=O) groups is 2. The Hall–Kier alpha value is -2.97. The van der Waals surface area contributed by atoms with Gasteiger partial charge >= 0.3 is 12.2 Å². The third-order valence-electron chi connectivity index (χ3n) is 3.61. The number of carbonyl (C=O) groups excluding carboxylic acids is 2. The Morgan fingerprint density at radius 3 is 1.87 bits per heavy atom. The molecule has 0 bridgehead atoms. The van der Waals surface area contributed by atoms with Crippen molar-refractivity contribution >= 4 is 23.8 Å². The van der Waals surface area contributed by atoms with E-state index in [1.54, 1.807) is 7.05 Å². The zero-order valence-corrected chi connectivity index (χ0v) is 19.7. The normalized spacial score (nSPS) is 12.0. The second kappa shape index (κ2) is 12.0. The third-order valence-corrected chi connectivity index (χ3v) is 3.61. The molecule has 0 aliphatic heterocycles. The average molecular weight is 436 g/mol. The van der Waals surface area contributed by atoms with Gasteiger partial charge in [0.25, 0.3) is 0 Å². The van der Waals surface area contributed by atoms with Gasteiger partial charge in [-0.15, -0.1) is 0 Å². The fraction of sp³-hybridized carbons (Fsp3) is 0.591. The highest BCUT2D eigenvalue weighted by Crippen LogP contribution is 2.13. The topological polar surface area (TPSA) is 113 Å². The van der Waals surface area contributed by atoms with E-state index in [0.29, 0.717) is 31.3 Å². The van der Waals surface area contributed by atoms with E-state index in [-0.39, 0.29) is 0 Å². The highest BCUT2D eigenvalue weighted by Gasteiger charge is 2.16. The molecule has 0 saturated heterocycles. The highest BCUT2D eigenvalue weighted by molar-refractivity contribution is 5.84. The molecule has 9 nitrogen and oxygen atoms in total. The van der Waals surface area contributed by atoms with Crippen molar-refractivity contribution in [3.05, 3.63) is 29.8 Å². The summed E-state index contributed by atoms with van der Waals surface area (Å²) in [7, 11) is 1.69. The number of hydrogen-bond donors (Lipinski definition) is 4. The third kappa shape index (κ3) is 13.0. The molecule has 0 spiro atoms. The molecule has 0 heterocycles. The summed E-state index contributed by atoms with van der Waals surface area (Å²) in [6.45, 7) is 12.5. The molecule has 0 radical (unpaired) electrons. The minimum absolute atomic E-state index is 0.418. The number of anilines is 1. The predicted octanol–water partition coefficient (Wildman–Crippen LogP) is 3.27. The monoisotopic (exact) mass is 435 g/mol. The van der Waals surface area contributed by atoms with Crippen LogP contribution in [0.5, 0.6) is 0 Å². The quantitative estimate of drug-likeness (QED) is 0.297. The van der Waals surface area contributed by atoms with E-state index in [1.165, 1.54) is 0 Å². The number of aliphatic imine (C=N–C) groups is 1. The number of benzene rings is 1. The summed E-state index contributed by atoms with van der Waals surface area (Å²) in [5, 5.41) is 11.8. The van der Waals surface area contributed by atoms with Crippen LogP contribution in [0.4, 0.5) is 15.3 Å². The molecule has 0 atom stereocenters. The average Bonchev–Trinajstić information content (AvgIpc) is 2.62. The SMILES string of the molecule is CN=C(NCCNC(=O)OC(C)(C)C)NCCc1ccc(NC(=O)OC(C)(C)C)cc1. The number of alkyl carbamates (subject to hydrolysis) is 1. The van der Waals surface area contributed by atoms with Crippen molar-refractivity contribution in [2.24, 2.45) is 4.99 Å². The van der Waals surface area contributed by atoms with Crippen molar-refractivity contribution in [3.8, 4) is 0 Å². The lowest BCUT2D eigenvalue weighted by molar-refractivity contribution is 0.0527. The maximum Gasteiger partial charge on any atom is 0.412 e. The number of guanidine groups is 1. The predicted molar refractivity (Wildman–Crippen MR) is 124 cm³/mol. The molecular formula is C22H37N5O4. The van der Waals surface area contributed by atoms with Crippen molar-refractivity contribution in [1.82, 2.24) is 16.0 Å². The number of hydrogen-bond acceptors (Lipinski definition) is 5. The van der Waals surface area contributed by atoms with Gasteiger partial charge in [-0.2, -0.15) is 0 Å². The zero-order chi connectivity index (χ0) is 23.5. The zero-order valence-electron chi connectivity index (χ0n) is 19.7. The summed E-state index contributed by atoms with van der Waals surface area (Å²) < 4.78 is 10.4. The Morgan fingerprint density at radius 1 is 0.806 bits per heavy atom. The maximum atomic E-state index is 11.8. The second-order valence-electron chi connectivity index (χ2n) is 8.93. The van der Waals surface area contributed by atoms with Crippen LogP contribution < -0.4 is 21.3 Å². The first-order valence-corrected chi connectivity index (χ1v) is 10.4. The van der Waals surface area contributed by atoms with Crippen LogP contribution in [0.2, 0.25) is 0 Å². The molecule has 0 unspecified atom stereocenters. The van der Waals surface area contributed by atoms with Crippen LogP contribution in [0.15, 0.2) is 29.3 Å². The summed E-state index contributed by atoms with van der Waals surface area (Å²) in [4.78, 5) is 27.6. The van der Waals surface area contributed by atoms with Gasteiger partial charge in [0.1, 0.15) is 11.2 Å². The van der Waals surface area contributed by atoms with Crippen molar-refractivity contribution in [2.75, 3.05) is 32.0 Å². The summed E-state index contributed by atoms with van der Waals surface area (Å²) in [6.07, 6.45) is -0.136. The van der Waals surface area contributed by atoms with Crippen LogP contribution in [0.1, 0.15) is 47.1 Å². The lowest BCUT2D eigenvalue weighted by Gasteiger charge is -2.20. The van der Waals surface area contributed by atoms with Gasteiger partial charge in [-0.3, -0.25) is 10.3 Å². The minimum atomic E-state index is -0.534. The summed E-state index contributed by atoms with van der Waals surface area (Å²) in [6, 6.07) is 7.59. The smallest absolute Gasteiger partial charge is 0.412 e. The van der Waals surface area contributed by atoms with Crippen LogP contribution in [0.25, 0.3) is 0 Å². The Balaban J connectivity index is 2.30. The van der Waals surface area contributed by atoms with E-state index in [0.717, 1.165) is 12.0 Å². The summed E-state index contributed by atoms with van der Waals surface area (Å²) >= 11 is 0. The molecule has 174 valence electrons. The Morgan fingerprint density at radius 2 is 1.32 bits per heavy atom. The highest BCUT2D eigenvalue weighted by atomic mass is 16.6. The largest absolute Gasteiger partial charge is 0.444 e. The molecule has 2 amide bonds. The van der Waals surface area contributed by atoms with Crippen molar-refractivity contribution < 1.29 is 19.1 Å². The Labute approximate surface area is 185 Å². The van der Waals surface area contributed by atoms with Gasteiger partial charge in [0.05, 0.1) is 0 Å². The van der Waals surface area contributed by atoms with Crippen LogP contribution in [0, 0.1) is 0 Å². The molecule has 0 aliphatic carbocycles. The first kappa shape index (κ1) is 26.1. The standard InChI is InChI=1S/C22H37N5O4/c1-21(2,3)30-19(28)26-15-14-25-18(23-7)24-13-12-16-8-10-17(11-9-16)27-20(29)31-22(4,5)6/h8-11H,12-15H2,1-7H3,(H,26,28)(H,27,29)(H2,23,24,25). The van der Waals surface area contributed by atoms with E-state index in [2.05, 4.69) is 26.3 Å². The van der Waals surface area contributed by atoms with Gasteiger partial charge in [-0.05, 0) is 65.7 Å². The van der Waals surface area contributed by atoms with E-state index < -0.39 is 23.4 Å². The van der Waals surface area contributed by atoms with Gasteiger partial charge in [0, 0.05) is 32.4 Å². The lowest BCUT2D eigenvalue weighted by atomic mass is 10.1. The number of amides is 2. The molecule has 1 aromatic carbocycles. The Kier molecular flexibility index (Phi) is 10.1. The van der Waals surface area contributed by atoms with Crippen LogP contribution in [-0.2, 0) is 15.9 Å². The number of nitrogens with one attached hydrogen (secondary N) is 4. The molecule has 0 saturated carbocycles. The van der Waals surface area contributed by atoms with E-state index in [1.807, 2.05) is 65.8 Å². The van der Waals surface area contributed by atoms with Crippen LogP contribution >= 0.6 is 0 Å². The van der Waals surface area contributed by atoms with Gasteiger partial charge < -0.3 is 25.4 Å². The molecule has 1 rings (SSSR count). The molecule has 1 aromatic rings. The maximum absolute atomic E-state index is 11.8. The molecule has 31 heavy (non-hydrogen) atoms. The lowest BCUT2D eigenvalue weighted by Crippen LogP contribution is -2.42. The van der Waals surface area contributed by atoms with Gasteiger partial charge in [-0.25, -0.2) is 9.59 Å². The molecule has 9 heteroatoms. The summed E-state index contributed by atoms with van der Waals surface area (Å²) in [5.41, 5.74) is 0.748. The molecule has 0 aromatic heterocycles. The second-order valence-corrected chi connectivity index (χ2v) is 8.93. The van der Waals surface area contributed by atoms with Crippen LogP contribution in [-0.4, -0.2) is 56.0 Å². The van der Waals surface area contributed by atoms with E-state index in [9.17, 15) is 9.59 Å². The fourth-order valence-corrected chi connectivity index (χ4v) is 2.38. The number of ether oxygens (including phenoxy) is 2. The first-order chi connectivity index (χ1) is 14.4.